The monoisotopic (exact) mass is 565 g/mol. The number of aliphatic hydroxyl groups is 2. The quantitative estimate of drug-likeness (QED) is 0.250. The second-order valence-electron chi connectivity index (χ2n) is 11.9. The van der Waals surface area contributed by atoms with E-state index in [4.69, 9.17) is 19.3 Å². The van der Waals surface area contributed by atoms with Gasteiger partial charge in [0.2, 0.25) is 0 Å². The number of nitrogens with zero attached hydrogens (tertiary/aromatic N) is 1. The van der Waals surface area contributed by atoms with E-state index >= 15 is 0 Å². The van der Waals surface area contributed by atoms with Gasteiger partial charge >= 0.3 is 12.1 Å². The molecule has 1 aliphatic rings. The number of rotatable bonds is 14. The molecule has 1 saturated heterocycles. The topological polar surface area (TPSA) is 130 Å². The van der Waals surface area contributed by atoms with E-state index in [0.29, 0.717) is 50.5 Å². The number of aliphatic hydroxyl groups excluding tert-OH is 2. The highest BCUT2D eigenvalue weighted by atomic mass is 16.6. The van der Waals surface area contributed by atoms with Crippen LogP contribution in [0.25, 0.3) is 0 Å². The lowest BCUT2D eigenvalue weighted by Crippen LogP contribution is -2.52. The summed E-state index contributed by atoms with van der Waals surface area (Å²) in [4.78, 5) is 27.1. The first-order chi connectivity index (χ1) is 18.9. The number of urea groups is 1. The number of carbonyl (C=O) groups excluding carboxylic acids is 2. The minimum absolute atomic E-state index is 0.0198. The Hall–Kier alpha value is -2.72. The molecule has 10 nitrogen and oxygen atoms in total. The number of ether oxygens (including phenoxy) is 3. The summed E-state index contributed by atoms with van der Waals surface area (Å²) >= 11 is 0. The van der Waals surface area contributed by atoms with Gasteiger partial charge in [0.1, 0.15) is 5.60 Å². The van der Waals surface area contributed by atoms with Crippen molar-refractivity contribution >= 4 is 12.1 Å². The Morgan fingerprint density at radius 3 is 2.40 bits per heavy atom. The minimum atomic E-state index is -1.00. The highest BCUT2D eigenvalue weighted by Gasteiger charge is 2.30. The van der Waals surface area contributed by atoms with Crippen molar-refractivity contribution in [3.05, 3.63) is 23.8 Å². The third-order valence-corrected chi connectivity index (χ3v) is 7.06. The van der Waals surface area contributed by atoms with E-state index in [1.54, 1.807) is 32.8 Å². The van der Waals surface area contributed by atoms with Crippen molar-refractivity contribution in [1.29, 1.82) is 0 Å². The van der Waals surface area contributed by atoms with Crippen molar-refractivity contribution in [2.24, 2.45) is 11.8 Å². The summed E-state index contributed by atoms with van der Waals surface area (Å²) in [6.45, 7) is 11.5. The molecule has 2 rings (SSSR count). The molecule has 3 amide bonds. The lowest BCUT2D eigenvalue weighted by atomic mass is 9.83. The van der Waals surface area contributed by atoms with Gasteiger partial charge in [-0.1, -0.05) is 19.9 Å². The Labute approximate surface area is 239 Å². The van der Waals surface area contributed by atoms with E-state index in [1.165, 1.54) is 0 Å². The maximum atomic E-state index is 12.7. The minimum Gasteiger partial charge on any atom is -0.493 e. The number of alkyl carbamates (subject to hydrolysis) is 1. The molecule has 4 N–H and O–H groups in total. The van der Waals surface area contributed by atoms with Gasteiger partial charge in [-0.25, -0.2) is 9.59 Å². The molecule has 0 bridgehead atoms. The molecule has 10 heteroatoms. The molecule has 0 unspecified atom stereocenters. The molecular weight excluding hydrogens is 514 g/mol. The lowest BCUT2D eigenvalue weighted by molar-refractivity contribution is 0.0392. The zero-order chi connectivity index (χ0) is 29.7. The van der Waals surface area contributed by atoms with Crippen molar-refractivity contribution in [1.82, 2.24) is 15.5 Å². The number of piperidine rings is 1. The Morgan fingerprint density at radius 2 is 1.80 bits per heavy atom. The second-order valence-corrected chi connectivity index (χ2v) is 11.9. The van der Waals surface area contributed by atoms with Gasteiger partial charge in [0, 0.05) is 32.7 Å². The normalized spacial score (nSPS) is 16.2. The number of benzene rings is 1. The molecule has 1 aliphatic heterocycles. The third-order valence-electron chi connectivity index (χ3n) is 7.06. The highest BCUT2D eigenvalue weighted by molar-refractivity contribution is 5.74. The zero-order valence-electron chi connectivity index (χ0n) is 25.2. The Morgan fingerprint density at radius 1 is 1.10 bits per heavy atom. The number of hydrogen-bond acceptors (Lipinski definition) is 7. The SMILES string of the molecule is COc1ccc(C[C@@H](C[C@H](NC(=O)OC(C)(C)C)[C@@H](O)CNC(=O)N2CCCCC2)C(C)C)cc1OCCCO. The Bertz CT molecular complexity index is 913. The summed E-state index contributed by atoms with van der Waals surface area (Å²) in [5, 5.41) is 26.0. The Balaban J connectivity index is 2.16. The van der Waals surface area contributed by atoms with E-state index in [0.717, 1.165) is 24.8 Å². The smallest absolute Gasteiger partial charge is 0.407 e. The number of methoxy groups -OCH3 is 1. The molecule has 0 aliphatic carbocycles. The average Bonchev–Trinajstić information content (AvgIpc) is 2.90. The largest absolute Gasteiger partial charge is 0.493 e. The summed E-state index contributed by atoms with van der Waals surface area (Å²) in [7, 11) is 1.59. The molecule has 0 radical (unpaired) electrons. The van der Waals surface area contributed by atoms with Crippen LogP contribution in [0.3, 0.4) is 0 Å². The van der Waals surface area contributed by atoms with Gasteiger partial charge in [0.25, 0.3) is 0 Å². The van der Waals surface area contributed by atoms with Crippen LogP contribution >= 0.6 is 0 Å². The summed E-state index contributed by atoms with van der Waals surface area (Å²) in [5.41, 5.74) is 0.345. The molecule has 40 heavy (non-hydrogen) atoms. The predicted molar refractivity (Wildman–Crippen MR) is 155 cm³/mol. The Kier molecular flexibility index (Phi) is 13.8. The van der Waals surface area contributed by atoms with E-state index in [1.807, 2.05) is 18.2 Å². The van der Waals surface area contributed by atoms with Gasteiger partial charge in [-0.2, -0.15) is 0 Å². The van der Waals surface area contributed by atoms with Gasteiger partial charge in [0.05, 0.1) is 25.9 Å². The molecule has 0 saturated carbocycles. The molecule has 0 aromatic heterocycles. The maximum absolute atomic E-state index is 12.7. The number of likely N-dealkylation sites (tertiary alicyclic amines) is 1. The summed E-state index contributed by atoms with van der Waals surface area (Å²) in [6, 6.07) is 4.96. The van der Waals surface area contributed by atoms with Gasteiger partial charge in [0.15, 0.2) is 11.5 Å². The maximum Gasteiger partial charge on any atom is 0.407 e. The summed E-state index contributed by atoms with van der Waals surface area (Å²) in [6.07, 6.45) is 3.15. The van der Waals surface area contributed by atoms with Crippen molar-refractivity contribution in [3.8, 4) is 11.5 Å². The van der Waals surface area contributed by atoms with Crippen molar-refractivity contribution in [2.75, 3.05) is 40.0 Å². The molecule has 1 heterocycles. The van der Waals surface area contributed by atoms with Crippen LogP contribution in [0, 0.1) is 11.8 Å². The number of carbonyl (C=O) groups is 2. The van der Waals surface area contributed by atoms with Crippen molar-refractivity contribution < 1.29 is 34.0 Å². The van der Waals surface area contributed by atoms with Crippen LogP contribution in [-0.4, -0.2) is 84.9 Å². The first-order valence-electron chi connectivity index (χ1n) is 14.5. The molecule has 228 valence electrons. The van der Waals surface area contributed by atoms with E-state index in [9.17, 15) is 14.7 Å². The van der Waals surface area contributed by atoms with Crippen LogP contribution in [0.5, 0.6) is 11.5 Å². The standard InChI is InChI=1S/C30H51N3O7/c1-21(2)23(17-22-11-12-26(38-6)27(18-22)39-16-10-15-34)19-24(32-29(37)40-30(3,4)5)25(35)20-31-28(36)33-13-8-7-9-14-33/h11-12,18,21,23-25,34-35H,7-10,13-17,19-20H2,1-6H3,(H,31,36)(H,32,37)/t23-,24-,25-/m0/s1. The van der Waals surface area contributed by atoms with Gasteiger partial charge in [-0.05, 0) is 82.4 Å². The predicted octanol–water partition coefficient (Wildman–Crippen LogP) is 4.11. The van der Waals surface area contributed by atoms with Crippen LogP contribution in [0.15, 0.2) is 18.2 Å². The first kappa shape index (κ1) is 33.5. The van der Waals surface area contributed by atoms with E-state index < -0.39 is 23.8 Å². The van der Waals surface area contributed by atoms with Gasteiger partial charge < -0.3 is 40.0 Å². The van der Waals surface area contributed by atoms with Crippen LogP contribution in [0.4, 0.5) is 9.59 Å². The molecule has 3 atom stereocenters. The van der Waals surface area contributed by atoms with Crippen molar-refractivity contribution in [3.63, 3.8) is 0 Å². The summed E-state index contributed by atoms with van der Waals surface area (Å²) < 4.78 is 16.7. The molecule has 1 fully saturated rings. The van der Waals surface area contributed by atoms with Crippen LogP contribution in [0.2, 0.25) is 0 Å². The van der Waals surface area contributed by atoms with E-state index in [-0.39, 0.29) is 31.0 Å². The zero-order valence-corrected chi connectivity index (χ0v) is 25.2. The van der Waals surface area contributed by atoms with Crippen LogP contribution < -0.4 is 20.1 Å². The van der Waals surface area contributed by atoms with E-state index in [2.05, 4.69) is 24.5 Å². The van der Waals surface area contributed by atoms with Crippen molar-refractivity contribution in [2.45, 2.75) is 90.9 Å². The van der Waals surface area contributed by atoms with Crippen LogP contribution in [0.1, 0.15) is 72.3 Å². The van der Waals surface area contributed by atoms with Gasteiger partial charge in [-0.15, -0.1) is 0 Å². The molecular formula is C30H51N3O7. The molecule has 1 aromatic rings. The second kappa shape index (κ2) is 16.5. The fraction of sp³-hybridized carbons (Fsp3) is 0.733. The van der Waals surface area contributed by atoms with Crippen LogP contribution in [-0.2, 0) is 11.2 Å². The fourth-order valence-electron chi connectivity index (χ4n) is 4.74. The number of amides is 3. The first-order valence-corrected chi connectivity index (χ1v) is 14.5. The van der Waals surface area contributed by atoms with Gasteiger partial charge in [-0.3, -0.25) is 0 Å². The molecule has 0 spiro atoms. The fourth-order valence-corrected chi connectivity index (χ4v) is 4.74. The number of hydrogen-bond donors (Lipinski definition) is 4. The third kappa shape index (κ3) is 11.8. The highest BCUT2D eigenvalue weighted by Crippen LogP contribution is 2.31. The average molecular weight is 566 g/mol. The lowest BCUT2D eigenvalue weighted by Gasteiger charge is -2.32. The number of nitrogens with one attached hydrogen (secondary N) is 2. The summed E-state index contributed by atoms with van der Waals surface area (Å²) in [5.74, 6) is 1.55. The molecule has 1 aromatic carbocycles.